The molecule has 0 fully saturated rings. The number of benzene rings is 2. The van der Waals surface area contributed by atoms with Crippen molar-refractivity contribution < 1.29 is 0 Å². The Morgan fingerprint density at radius 1 is 1.06 bits per heavy atom. The maximum absolute atomic E-state index is 12.1. The summed E-state index contributed by atoms with van der Waals surface area (Å²) in [6, 6.07) is 11.6. The van der Waals surface area contributed by atoms with Crippen LogP contribution in [0.15, 0.2) is 51.9 Å². The van der Waals surface area contributed by atoms with Gasteiger partial charge in [-0.25, -0.2) is 0 Å². The molecule has 0 atom stereocenters. The van der Waals surface area contributed by atoms with Crippen molar-refractivity contribution in [2.45, 2.75) is 0 Å². The van der Waals surface area contributed by atoms with E-state index in [2.05, 4.69) is 20.9 Å². The van der Waals surface area contributed by atoms with E-state index in [1.165, 1.54) is 0 Å². The number of rotatable bonds is 0. The van der Waals surface area contributed by atoms with Gasteiger partial charge < -0.3 is 4.98 Å². The summed E-state index contributed by atoms with van der Waals surface area (Å²) in [6.45, 7) is 0. The highest BCUT2D eigenvalue weighted by Crippen LogP contribution is 2.26. The van der Waals surface area contributed by atoms with Crippen molar-refractivity contribution in [1.82, 2.24) is 4.98 Å². The highest BCUT2D eigenvalue weighted by molar-refractivity contribution is 9.10. The number of halogens is 1. The Bertz CT molecular complexity index is 702. The van der Waals surface area contributed by atoms with Crippen LogP contribution in [0.2, 0.25) is 0 Å². The molecule has 1 aliphatic heterocycles. The lowest BCUT2D eigenvalue weighted by Gasteiger charge is -2.08. The number of hydrogen-bond donors (Lipinski definition) is 1. The topological polar surface area (TPSA) is 32.9 Å². The van der Waals surface area contributed by atoms with Crippen LogP contribution in [0.4, 0.5) is 0 Å². The van der Waals surface area contributed by atoms with E-state index in [0.717, 1.165) is 22.0 Å². The van der Waals surface area contributed by atoms with E-state index in [1.807, 2.05) is 36.5 Å². The van der Waals surface area contributed by atoms with Crippen LogP contribution in [0.25, 0.3) is 22.0 Å². The Morgan fingerprint density at radius 2 is 1.88 bits per heavy atom. The molecule has 16 heavy (non-hydrogen) atoms. The lowest BCUT2D eigenvalue weighted by molar-refractivity contribution is 1.33. The van der Waals surface area contributed by atoms with Gasteiger partial charge in [-0.3, -0.25) is 4.79 Å². The highest BCUT2D eigenvalue weighted by Gasteiger charge is 2.12. The van der Waals surface area contributed by atoms with Gasteiger partial charge in [-0.05, 0) is 38.8 Å². The van der Waals surface area contributed by atoms with Crippen LogP contribution in [-0.2, 0) is 0 Å². The number of pyridine rings is 1. The summed E-state index contributed by atoms with van der Waals surface area (Å²) in [5.74, 6) is 0. The molecule has 3 rings (SSSR count). The van der Waals surface area contributed by atoms with Crippen molar-refractivity contribution in [2.24, 2.45) is 0 Å². The maximum Gasteiger partial charge on any atom is 0.202 e. The standard InChI is InChI=1S/C13H8BrNO/c14-10-5-6-11-12(13(10)16)9-4-2-1-3-8(9)7-15-11/h1-7,15H. The van der Waals surface area contributed by atoms with Crippen LogP contribution in [0.1, 0.15) is 0 Å². The van der Waals surface area contributed by atoms with Gasteiger partial charge in [-0.15, -0.1) is 0 Å². The van der Waals surface area contributed by atoms with Crippen LogP contribution in [0.3, 0.4) is 0 Å². The second-order valence-corrected chi connectivity index (χ2v) is 4.53. The van der Waals surface area contributed by atoms with Crippen molar-refractivity contribution in [2.75, 3.05) is 0 Å². The fourth-order valence-corrected chi connectivity index (χ4v) is 2.28. The van der Waals surface area contributed by atoms with E-state index in [1.54, 1.807) is 6.07 Å². The Morgan fingerprint density at radius 3 is 2.75 bits per heavy atom. The van der Waals surface area contributed by atoms with E-state index < -0.39 is 0 Å². The van der Waals surface area contributed by atoms with Crippen molar-refractivity contribution in [3.63, 3.8) is 0 Å². The molecule has 1 heterocycles. The number of aromatic amines is 1. The summed E-state index contributed by atoms with van der Waals surface area (Å²) < 4.78 is 0.602. The van der Waals surface area contributed by atoms with E-state index in [9.17, 15) is 4.79 Å². The fourth-order valence-electron chi connectivity index (χ4n) is 1.95. The zero-order chi connectivity index (χ0) is 11.1. The van der Waals surface area contributed by atoms with Gasteiger partial charge in [0.2, 0.25) is 5.43 Å². The second kappa shape index (κ2) is 3.46. The second-order valence-electron chi connectivity index (χ2n) is 3.67. The fraction of sp³-hybridized carbons (Fsp3) is 0. The van der Waals surface area contributed by atoms with Crippen molar-refractivity contribution >= 4 is 26.7 Å². The number of fused-ring (bicyclic) bond motifs is 3. The molecule has 0 saturated carbocycles. The lowest BCUT2D eigenvalue weighted by Crippen LogP contribution is -2.07. The van der Waals surface area contributed by atoms with Gasteiger partial charge in [0.1, 0.15) is 0 Å². The molecular formula is C13H8BrNO. The van der Waals surface area contributed by atoms with Gasteiger partial charge in [-0.2, -0.15) is 0 Å². The van der Waals surface area contributed by atoms with Crippen LogP contribution in [0.5, 0.6) is 0 Å². The molecule has 2 aliphatic rings. The molecule has 1 aromatic rings. The SMILES string of the molecule is O=c1c(Br)ccc2[nH]cc3ccccc3c1-2. The minimum absolute atomic E-state index is 0.0329. The zero-order valence-electron chi connectivity index (χ0n) is 8.33. The van der Waals surface area contributed by atoms with Crippen molar-refractivity contribution in [1.29, 1.82) is 0 Å². The molecule has 0 unspecified atom stereocenters. The zero-order valence-corrected chi connectivity index (χ0v) is 9.91. The normalized spacial score (nSPS) is 11.1. The first-order valence-electron chi connectivity index (χ1n) is 4.96. The third-order valence-electron chi connectivity index (χ3n) is 2.72. The van der Waals surface area contributed by atoms with E-state index in [4.69, 9.17) is 0 Å². The molecule has 3 heteroatoms. The van der Waals surface area contributed by atoms with Crippen LogP contribution < -0.4 is 5.43 Å². The molecule has 0 spiro atoms. The number of nitrogens with one attached hydrogen (secondary N) is 1. The Labute approximate surface area is 100 Å². The molecule has 2 nitrogen and oxygen atoms in total. The number of hydrogen-bond acceptors (Lipinski definition) is 1. The van der Waals surface area contributed by atoms with Gasteiger partial charge >= 0.3 is 0 Å². The molecule has 1 N–H and O–H groups in total. The Balaban J connectivity index is 2.63. The number of H-pyrrole nitrogens is 1. The minimum Gasteiger partial charge on any atom is -0.360 e. The van der Waals surface area contributed by atoms with Crippen LogP contribution in [-0.4, -0.2) is 4.98 Å². The quantitative estimate of drug-likeness (QED) is 0.626. The molecule has 0 radical (unpaired) electrons. The van der Waals surface area contributed by atoms with Gasteiger partial charge in [0.05, 0.1) is 10.0 Å². The van der Waals surface area contributed by atoms with E-state index in [-0.39, 0.29) is 5.43 Å². The van der Waals surface area contributed by atoms with Crippen molar-refractivity contribution in [3.8, 4) is 11.3 Å². The average Bonchev–Trinajstić information content (AvgIpc) is 2.33. The Hall–Kier alpha value is -1.61. The summed E-state index contributed by atoms with van der Waals surface area (Å²) in [5, 5.41) is 2.03. The van der Waals surface area contributed by atoms with Gasteiger partial charge in [0.15, 0.2) is 0 Å². The largest absolute Gasteiger partial charge is 0.360 e. The molecule has 78 valence electrons. The third-order valence-corrected chi connectivity index (χ3v) is 3.35. The van der Waals surface area contributed by atoms with Crippen LogP contribution in [0, 0.1) is 0 Å². The molecule has 1 aliphatic carbocycles. The predicted molar refractivity (Wildman–Crippen MR) is 68.9 cm³/mol. The molecule has 0 aromatic heterocycles. The van der Waals surface area contributed by atoms with E-state index in [0.29, 0.717) is 4.47 Å². The summed E-state index contributed by atoms with van der Waals surface area (Å²) >= 11 is 3.28. The first-order chi connectivity index (χ1) is 7.77. The number of aromatic nitrogens is 1. The minimum atomic E-state index is 0.0329. The molecular weight excluding hydrogens is 266 g/mol. The predicted octanol–water partition coefficient (Wildman–Crippen LogP) is 3.40. The monoisotopic (exact) mass is 273 g/mol. The van der Waals surface area contributed by atoms with Gasteiger partial charge in [0, 0.05) is 11.9 Å². The first-order valence-corrected chi connectivity index (χ1v) is 5.75. The summed E-state index contributed by atoms with van der Waals surface area (Å²) in [5.41, 5.74) is 1.64. The van der Waals surface area contributed by atoms with Gasteiger partial charge in [-0.1, -0.05) is 24.3 Å². The highest BCUT2D eigenvalue weighted by atomic mass is 79.9. The first kappa shape index (κ1) is 9.60. The summed E-state index contributed by atoms with van der Waals surface area (Å²) in [4.78, 5) is 15.2. The average molecular weight is 274 g/mol. The van der Waals surface area contributed by atoms with E-state index >= 15 is 0 Å². The summed E-state index contributed by atoms with van der Waals surface area (Å²) in [7, 11) is 0. The third kappa shape index (κ3) is 1.28. The molecule has 0 amide bonds. The van der Waals surface area contributed by atoms with Crippen LogP contribution >= 0.6 is 15.9 Å². The smallest absolute Gasteiger partial charge is 0.202 e. The molecule has 0 saturated heterocycles. The van der Waals surface area contributed by atoms with Gasteiger partial charge in [0.25, 0.3) is 0 Å². The lowest BCUT2D eigenvalue weighted by atomic mass is 10.0. The Kier molecular flexibility index (Phi) is 2.07. The molecule has 0 bridgehead atoms. The summed E-state index contributed by atoms with van der Waals surface area (Å²) in [6.07, 6.45) is 1.92. The van der Waals surface area contributed by atoms with Crippen molar-refractivity contribution in [3.05, 3.63) is 57.3 Å². The molecule has 1 aromatic carbocycles. The maximum atomic E-state index is 12.1.